The van der Waals surface area contributed by atoms with E-state index < -0.39 is 29.2 Å². The fourth-order valence-electron chi connectivity index (χ4n) is 6.18. The molecule has 1 saturated carbocycles. The van der Waals surface area contributed by atoms with Crippen LogP contribution in [0.4, 0.5) is 13.2 Å². The standard InChI is InChI=1S/C30H35F3N2O3/c1-4-16-35-20-25-26(38-3)14-9-15-29(25,22-12-8-13-23(18-22)37-2)19-27(35)34-28(36)24(30(31,32)33)17-21-10-6-5-7-11-21/h4-8,10-13,17-18,25-27H,1,9,14-16,19-20H2,2-3H3,(H,34,36)/t25?,26?,27-,29-/m0/s1. The summed E-state index contributed by atoms with van der Waals surface area (Å²) < 4.78 is 53.6. The number of nitrogens with zero attached hydrogens (tertiary/aromatic N) is 1. The topological polar surface area (TPSA) is 50.8 Å². The number of carbonyl (C=O) groups is 1. The van der Waals surface area contributed by atoms with Gasteiger partial charge < -0.3 is 14.8 Å². The third-order valence-electron chi connectivity index (χ3n) is 7.97. The maximum Gasteiger partial charge on any atom is 0.421 e. The minimum atomic E-state index is -4.81. The van der Waals surface area contributed by atoms with Crippen molar-refractivity contribution in [2.24, 2.45) is 5.92 Å². The lowest BCUT2D eigenvalue weighted by Gasteiger charge is -2.56. The number of nitrogens with one attached hydrogen (secondary N) is 1. The Balaban J connectivity index is 1.72. The zero-order valence-electron chi connectivity index (χ0n) is 21.8. The summed E-state index contributed by atoms with van der Waals surface area (Å²) in [5, 5.41) is 2.75. The molecule has 1 aliphatic heterocycles. The highest BCUT2D eigenvalue weighted by Gasteiger charge is 2.53. The maximum absolute atomic E-state index is 14.1. The number of amides is 1. The second kappa shape index (κ2) is 11.7. The molecule has 2 aromatic rings. The fraction of sp³-hybridized carbons (Fsp3) is 0.433. The van der Waals surface area contributed by atoms with Crippen molar-refractivity contribution >= 4 is 12.0 Å². The largest absolute Gasteiger partial charge is 0.497 e. The smallest absolute Gasteiger partial charge is 0.421 e. The number of halogens is 3. The molecule has 2 aromatic carbocycles. The Morgan fingerprint density at radius 2 is 1.95 bits per heavy atom. The van der Waals surface area contributed by atoms with Crippen molar-refractivity contribution in [2.75, 3.05) is 27.3 Å². The van der Waals surface area contributed by atoms with Crippen molar-refractivity contribution < 1.29 is 27.4 Å². The number of likely N-dealkylation sites (tertiary alicyclic amines) is 1. The summed E-state index contributed by atoms with van der Waals surface area (Å²) in [5.41, 5.74) is -0.259. The molecule has 1 aliphatic carbocycles. The van der Waals surface area contributed by atoms with Gasteiger partial charge in [0.15, 0.2) is 0 Å². The van der Waals surface area contributed by atoms with Crippen LogP contribution in [0.2, 0.25) is 0 Å². The van der Waals surface area contributed by atoms with Crippen LogP contribution >= 0.6 is 0 Å². The average molecular weight is 529 g/mol. The molecule has 2 unspecified atom stereocenters. The lowest BCUT2D eigenvalue weighted by Crippen LogP contribution is -2.64. The van der Waals surface area contributed by atoms with Crippen molar-refractivity contribution in [3.05, 3.63) is 84.0 Å². The highest BCUT2D eigenvalue weighted by Crippen LogP contribution is 2.51. The molecular formula is C30H35F3N2O3. The van der Waals surface area contributed by atoms with Gasteiger partial charge in [-0.3, -0.25) is 9.69 Å². The number of hydrogen-bond acceptors (Lipinski definition) is 4. The van der Waals surface area contributed by atoms with Crippen molar-refractivity contribution in [1.29, 1.82) is 0 Å². The van der Waals surface area contributed by atoms with Crippen molar-refractivity contribution in [3.8, 4) is 5.75 Å². The monoisotopic (exact) mass is 528 g/mol. The molecule has 1 heterocycles. The molecular weight excluding hydrogens is 493 g/mol. The summed E-state index contributed by atoms with van der Waals surface area (Å²) in [6.07, 6.45) is 0.274. The number of alkyl halides is 3. The zero-order valence-corrected chi connectivity index (χ0v) is 21.8. The Morgan fingerprint density at radius 3 is 2.61 bits per heavy atom. The van der Waals surface area contributed by atoms with Gasteiger partial charge >= 0.3 is 6.18 Å². The van der Waals surface area contributed by atoms with E-state index in [1.54, 1.807) is 50.6 Å². The lowest BCUT2D eigenvalue weighted by molar-refractivity contribution is -0.134. The van der Waals surface area contributed by atoms with E-state index in [1.165, 1.54) is 0 Å². The van der Waals surface area contributed by atoms with Gasteiger partial charge in [0, 0.05) is 31.5 Å². The van der Waals surface area contributed by atoms with E-state index in [0.29, 0.717) is 25.1 Å². The number of hydrogen-bond donors (Lipinski definition) is 1. The predicted molar refractivity (Wildman–Crippen MR) is 142 cm³/mol. The molecule has 5 nitrogen and oxygen atoms in total. The quantitative estimate of drug-likeness (QED) is 0.351. The number of piperidine rings is 1. The van der Waals surface area contributed by atoms with Gasteiger partial charge in [-0.2, -0.15) is 13.2 Å². The van der Waals surface area contributed by atoms with Crippen LogP contribution in [0.5, 0.6) is 5.75 Å². The number of methoxy groups -OCH3 is 2. The highest BCUT2D eigenvalue weighted by atomic mass is 19.4. The Hall–Kier alpha value is -3.10. The molecule has 1 N–H and O–H groups in total. The number of benzene rings is 2. The van der Waals surface area contributed by atoms with Crippen LogP contribution in [-0.4, -0.2) is 56.6 Å². The maximum atomic E-state index is 14.1. The molecule has 0 bridgehead atoms. The van der Waals surface area contributed by atoms with Crippen molar-refractivity contribution in [3.63, 3.8) is 0 Å². The van der Waals surface area contributed by atoms with Gasteiger partial charge in [0.1, 0.15) is 11.3 Å². The first-order valence-corrected chi connectivity index (χ1v) is 12.9. The van der Waals surface area contributed by atoms with Crippen LogP contribution in [0, 0.1) is 5.92 Å². The molecule has 38 heavy (non-hydrogen) atoms. The van der Waals surface area contributed by atoms with E-state index in [-0.39, 0.29) is 12.0 Å². The van der Waals surface area contributed by atoms with Gasteiger partial charge in [0.2, 0.25) is 0 Å². The van der Waals surface area contributed by atoms with Gasteiger partial charge in [0.05, 0.1) is 19.4 Å². The van der Waals surface area contributed by atoms with E-state index in [1.807, 2.05) is 29.2 Å². The summed E-state index contributed by atoms with van der Waals surface area (Å²) in [6.45, 7) is 4.82. The van der Waals surface area contributed by atoms with E-state index in [4.69, 9.17) is 9.47 Å². The van der Waals surface area contributed by atoms with Gasteiger partial charge in [-0.05, 0) is 55.0 Å². The molecule has 1 amide bonds. The van der Waals surface area contributed by atoms with Crippen LogP contribution in [0.15, 0.2) is 72.8 Å². The molecule has 0 spiro atoms. The summed E-state index contributed by atoms with van der Waals surface area (Å²) in [7, 11) is 3.32. The van der Waals surface area contributed by atoms with Crippen LogP contribution in [0.1, 0.15) is 36.8 Å². The number of carbonyl (C=O) groups excluding carboxylic acids is 1. The molecule has 2 fully saturated rings. The van der Waals surface area contributed by atoms with Crippen LogP contribution < -0.4 is 10.1 Å². The predicted octanol–water partition coefficient (Wildman–Crippen LogP) is 5.73. The molecule has 0 radical (unpaired) electrons. The molecule has 204 valence electrons. The third kappa shape index (κ3) is 5.81. The highest BCUT2D eigenvalue weighted by molar-refractivity contribution is 5.99. The van der Waals surface area contributed by atoms with E-state index in [9.17, 15) is 18.0 Å². The second-order valence-electron chi connectivity index (χ2n) is 10.1. The van der Waals surface area contributed by atoms with Crippen LogP contribution in [0.3, 0.4) is 0 Å². The van der Waals surface area contributed by atoms with E-state index in [0.717, 1.165) is 36.7 Å². The first-order chi connectivity index (χ1) is 18.2. The van der Waals surface area contributed by atoms with Gasteiger partial charge in [0.25, 0.3) is 5.91 Å². The van der Waals surface area contributed by atoms with E-state index in [2.05, 4.69) is 11.9 Å². The van der Waals surface area contributed by atoms with Crippen LogP contribution in [0.25, 0.3) is 6.08 Å². The Bertz CT molecular complexity index is 1150. The number of rotatable bonds is 8. The Morgan fingerprint density at radius 1 is 1.18 bits per heavy atom. The molecule has 2 aliphatic rings. The summed E-state index contributed by atoms with van der Waals surface area (Å²) in [5.74, 6) is -0.336. The minimum absolute atomic E-state index is 0.0115. The molecule has 0 aromatic heterocycles. The third-order valence-corrected chi connectivity index (χ3v) is 7.97. The fourth-order valence-corrected chi connectivity index (χ4v) is 6.18. The Kier molecular flexibility index (Phi) is 8.63. The summed E-state index contributed by atoms with van der Waals surface area (Å²) in [6, 6.07) is 15.9. The average Bonchev–Trinajstić information content (AvgIpc) is 2.91. The second-order valence-corrected chi connectivity index (χ2v) is 10.1. The van der Waals surface area contributed by atoms with Gasteiger partial charge in [-0.15, -0.1) is 6.58 Å². The first kappa shape index (κ1) is 27.9. The normalized spacial score (nSPS) is 26.3. The zero-order chi connectivity index (χ0) is 27.3. The molecule has 1 saturated heterocycles. The van der Waals surface area contributed by atoms with Crippen molar-refractivity contribution in [2.45, 2.75) is 49.5 Å². The number of ether oxygens (including phenoxy) is 2. The SMILES string of the molecule is C=CCN1CC2C(OC)CCC[C@@]2(c2cccc(OC)c2)C[C@H]1NC(=O)C(=Cc1ccccc1)C(F)(F)F. The minimum Gasteiger partial charge on any atom is -0.497 e. The van der Waals surface area contributed by atoms with Gasteiger partial charge in [-0.1, -0.05) is 48.5 Å². The Labute approximate surface area is 222 Å². The van der Waals surface area contributed by atoms with Crippen LogP contribution in [-0.2, 0) is 14.9 Å². The number of fused-ring (bicyclic) bond motifs is 1. The van der Waals surface area contributed by atoms with Crippen molar-refractivity contribution in [1.82, 2.24) is 10.2 Å². The summed E-state index contributed by atoms with van der Waals surface area (Å²) >= 11 is 0. The molecule has 4 rings (SSSR count). The molecule has 8 heteroatoms. The lowest BCUT2D eigenvalue weighted by atomic mass is 9.57. The summed E-state index contributed by atoms with van der Waals surface area (Å²) in [4.78, 5) is 15.2. The van der Waals surface area contributed by atoms with E-state index >= 15 is 0 Å². The molecule has 4 atom stereocenters. The first-order valence-electron chi connectivity index (χ1n) is 12.9. The van der Waals surface area contributed by atoms with Gasteiger partial charge in [-0.25, -0.2) is 0 Å².